The molecule has 1 saturated carbocycles. The molecule has 0 spiro atoms. The number of methoxy groups -OCH3 is 1. The lowest BCUT2D eigenvalue weighted by molar-refractivity contribution is -0.142. The van der Waals surface area contributed by atoms with Gasteiger partial charge >= 0.3 is 5.97 Å². The summed E-state index contributed by atoms with van der Waals surface area (Å²) in [5.41, 5.74) is 0.821. The van der Waals surface area contributed by atoms with Gasteiger partial charge in [0.25, 0.3) is 0 Å². The number of carbonyl (C=O) groups is 1. The maximum atomic E-state index is 12.1. The van der Waals surface area contributed by atoms with E-state index in [1.54, 1.807) is 14.0 Å². The van der Waals surface area contributed by atoms with Crippen LogP contribution in [0.5, 0.6) is 5.75 Å². The topological polar surface area (TPSA) is 47.6 Å². The van der Waals surface area contributed by atoms with Crippen LogP contribution < -0.4 is 10.1 Å². The number of esters is 1. The lowest BCUT2D eigenvalue weighted by Gasteiger charge is -2.17. The van der Waals surface area contributed by atoms with E-state index >= 15 is 0 Å². The van der Waals surface area contributed by atoms with E-state index in [2.05, 4.69) is 17.2 Å². The SMILES string of the molecule is CCOC(=O)C(C#CC1CCCCC1)Nc1ccc(OC)cc1. The number of rotatable bonds is 5. The highest BCUT2D eigenvalue weighted by Gasteiger charge is 2.18. The van der Waals surface area contributed by atoms with E-state index in [1.807, 2.05) is 24.3 Å². The van der Waals surface area contributed by atoms with Crippen molar-refractivity contribution in [2.45, 2.75) is 45.1 Å². The van der Waals surface area contributed by atoms with Crippen LogP contribution in [0.1, 0.15) is 39.0 Å². The van der Waals surface area contributed by atoms with Crippen molar-refractivity contribution in [3.8, 4) is 17.6 Å². The molecule has 1 fully saturated rings. The summed E-state index contributed by atoms with van der Waals surface area (Å²) in [6, 6.07) is 6.80. The highest BCUT2D eigenvalue weighted by atomic mass is 16.5. The number of ether oxygens (including phenoxy) is 2. The Bertz CT molecular complexity index is 550. The summed E-state index contributed by atoms with van der Waals surface area (Å²) in [7, 11) is 1.62. The highest BCUT2D eigenvalue weighted by molar-refractivity contribution is 5.83. The first-order valence-electron chi connectivity index (χ1n) is 8.31. The van der Waals surface area contributed by atoms with Gasteiger partial charge < -0.3 is 14.8 Å². The van der Waals surface area contributed by atoms with Gasteiger partial charge in [0.15, 0.2) is 6.04 Å². The first kappa shape index (κ1) is 17.2. The number of hydrogen-bond acceptors (Lipinski definition) is 4. The van der Waals surface area contributed by atoms with Gasteiger partial charge in [-0.3, -0.25) is 0 Å². The van der Waals surface area contributed by atoms with E-state index in [0.29, 0.717) is 12.5 Å². The van der Waals surface area contributed by atoms with Crippen LogP contribution in [0, 0.1) is 17.8 Å². The second-order valence-corrected chi connectivity index (χ2v) is 5.68. The van der Waals surface area contributed by atoms with Crippen LogP contribution >= 0.6 is 0 Å². The molecular formula is C19H25NO3. The summed E-state index contributed by atoms with van der Waals surface area (Å²) < 4.78 is 10.3. The van der Waals surface area contributed by atoms with Crippen LogP contribution in [0.15, 0.2) is 24.3 Å². The van der Waals surface area contributed by atoms with Crippen molar-refractivity contribution in [1.29, 1.82) is 0 Å². The van der Waals surface area contributed by atoms with Crippen molar-refractivity contribution < 1.29 is 14.3 Å². The summed E-state index contributed by atoms with van der Waals surface area (Å²) in [5.74, 6) is 7.20. The molecule has 1 unspecified atom stereocenters. The quantitative estimate of drug-likeness (QED) is 0.666. The van der Waals surface area contributed by atoms with Crippen molar-refractivity contribution in [1.82, 2.24) is 0 Å². The Morgan fingerprint density at radius 2 is 1.96 bits per heavy atom. The Labute approximate surface area is 138 Å². The lowest BCUT2D eigenvalue weighted by atomic mass is 9.89. The van der Waals surface area contributed by atoms with Crippen LogP contribution in [0.3, 0.4) is 0 Å². The van der Waals surface area contributed by atoms with E-state index < -0.39 is 6.04 Å². The molecule has 0 heterocycles. The molecular weight excluding hydrogens is 290 g/mol. The van der Waals surface area contributed by atoms with Crippen LogP contribution in [0.4, 0.5) is 5.69 Å². The van der Waals surface area contributed by atoms with Gasteiger partial charge in [-0.25, -0.2) is 4.79 Å². The summed E-state index contributed by atoms with van der Waals surface area (Å²) in [5, 5.41) is 3.15. The zero-order chi connectivity index (χ0) is 16.5. The molecule has 0 radical (unpaired) electrons. The molecule has 1 N–H and O–H groups in total. The number of anilines is 1. The van der Waals surface area contributed by atoms with E-state index in [0.717, 1.165) is 24.3 Å². The molecule has 124 valence electrons. The molecule has 1 aliphatic carbocycles. The van der Waals surface area contributed by atoms with Gasteiger partial charge in [-0.2, -0.15) is 0 Å². The maximum Gasteiger partial charge on any atom is 0.341 e. The zero-order valence-corrected chi connectivity index (χ0v) is 13.9. The van der Waals surface area contributed by atoms with Gasteiger partial charge in [0.1, 0.15) is 5.75 Å². The van der Waals surface area contributed by atoms with Crippen molar-refractivity contribution >= 4 is 11.7 Å². The normalized spacial score (nSPS) is 15.9. The van der Waals surface area contributed by atoms with Crippen molar-refractivity contribution in [3.05, 3.63) is 24.3 Å². The molecule has 0 aliphatic heterocycles. The standard InChI is InChI=1S/C19H25NO3/c1-3-23-19(21)18(14-9-15-7-5-4-6-8-15)20-16-10-12-17(22-2)13-11-16/h10-13,15,18,20H,3-8H2,1-2H3. The number of benzene rings is 1. The Hall–Kier alpha value is -2.15. The average Bonchev–Trinajstić information content (AvgIpc) is 2.60. The van der Waals surface area contributed by atoms with Crippen molar-refractivity contribution in [2.24, 2.45) is 5.92 Å². The number of nitrogens with one attached hydrogen (secondary N) is 1. The fourth-order valence-corrected chi connectivity index (χ4v) is 2.68. The molecule has 1 atom stereocenters. The Morgan fingerprint density at radius 1 is 1.26 bits per heavy atom. The van der Waals surface area contributed by atoms with Gasteiger partial charge in [0.05, 0.1) is 13.7 Å². The molecule has 23 heavy (non-hydrogen) atoms. The molecule has 1 aliphatic rings. The van der Waals surface area contributed by atoms with Crippen LogP contribution in [0.2, 0.25) is 0 Å². The third-order valence-electron chi connectivity index (χ3n) is 3.96. The fourth-order valence-electron chi connectivity index (χ4n) is 2.68. The molecule has 0 aromatic heterocycles. The molecule has 1 aromatic rings. The number of carbonyl (C=O) groups excluding carboxylic acids is 1. The van der Waals surface area contributed by atoms with Crippen LogP contribution in [0.25, 0.3) is 0 Å². The summed E-state index contributed by atoms with van der Waals surface area (Å²) >= 11 is 0. The Morgan fingerprint density at radius 3 is 2.57 bits per heavy atom. The van der Waals surface area contributed by atoms with Gasteiger partial charge in [0, 0.05) is 11.6 Å². The van der Waals surface area contributed by atoms with Crippen molar-refractivity contribution in [3.63, 3.8) is 0 Å². The van der Waals surface area contributed by atoms with E-state index in [1.165, 1.54) is 19.3 Å². The smallest absolute Gasteiger partial charge is 0.341 e. The lowest BCUT2D eigenvalue weighted by Crippen LogP contribution is -2.30. The second-order valence-electron chi connectivity index (χ2n) is 5.68. The van der Waals surface area contributed by atoms with Gasteiger partial charge in [-0.15, -0.1) is 0 Å². The Kier molecular flexibility index (Phi) is 6.80. The predicted molar refractivity (Wildman–Crippen MR) is 91.4 cm³/mol. The highest BCUT2D eigenvalue weighted by Crippen LogP contribution is 2.23. The molecule has 4 nitrogen and oxygen atoms in total. The van der Waals surface area contributed by atoms with E-state index in [4.69, 9.17) is 9.47 Å². The van der Waals surface area contributed by atoms with Gasteiger partial charge in [-0.1, -0.05) is 31.1 Å². The minimum Gasteiger partial charge on any atom is -0.497 e. The molecule has 2 rings (SSSR count). The van der Waals surface area contributed by atoms with Crippen LogP contribution in [-0.2, 0) is 9.53 Å². The molecule has 1 aromatic carbocycles. The third-order valence-corrected chi connectivity index (χ3v) is 3.96. The molecule has 0 saturated heterocycles. The summed E-state index contributed by atoms with van der Waals surface area (Å²) in [6.45, 7) is 2.15. The van der Waals surface area contributed by atoms with E-state index in [-0.39, 0.29) is 5.97 Å². The second kappa shape index (κ2) is 9.09. The number of hydrogen-bond donors (Lipinski definition) is 1. The minimum absolute atomic E-state index is 0.327. The predicted octanol–water partition coefficient (Wildman–Crippen LogP) is 3.62. The van der Waals surface area contributed by atoms with Gasteiger partial charge in [0.2, 0.25) is 0 Å². The monoisotopic (exact) mass is 315 g/mol. The average molecular weight is 315 g/mol. The molecule has 4 heteroatoms. The van der Waals surface area contributed by atoms with Crippen LogP contribution in [-0.4, -0.2) is 25.7 Å². The van der Waals surface area contributed by atoms with Crippen molar-refractivity contribution in [2.75, 3.05) is 19.0 Å². The maximum absolute atomic E-state index is 12.1. The molecule has 0 bridgehead atoms. The van der Waals surface area contributed by atoms with Gasteiger partial charge in [-0.05, 0) is 44.0 Å². The fraction of sp³-hybridized carbons (Fsp3) is 0.526. The first-order chi connectivity index (χ1) is 11.2. The zero-order valence-electron chi connectivity index (χ0n) is 13.9. The minimum atomic E-state index is -0.634. The van der Waals surface area contributed by atoms with E-state index in [9.17, 15) is 4.79 Å². The molecule has 0 amide bonds. The first-order valence-corrected chi connectivity index (χ1v) is 8.31. The summed E-state index contributed by atoms with van der Waals surface area (Å²) in [6.07, 6.45) is 6.02. The third kappa shape index (κ3) is 5.52. The largest absolute Gasteiger partial charge is 0.497 e. The summed E-state index contributed by atoms with van der Waals surface area (Å²) in [4.78, 5) is 12.1. The Balaban J connectivity index is 2.06.